The average molecular weight is 170 g/mol. The van der Waals surface area contributed by atoms with Gasteiger partial charge in [0, 0.05) is 7.11 Å². The zero-order valence-corrected chi connectivity index (χ0v) is 8.12. The van der Waals surface area contributed by atoms with Crippen LogP contribution in [0.1, 0.15) is 26.7 Å². The van der Waals surface area contributed by atoms with Crippen LogP contribution in [0.3, 0.4) is 0 Å². The number of hydrogen-bond acceptors (Lipinski definition) is 2. The highest BCUT2D eigenvalue weighted by Crippen LogP contribution is 2.10. The second-order valence-corrected chi connectivity index (χ2v) is 3.29. The molecule has 0 spiro atoms. The van der Waals surface area contributed by atoms with Gasteiger partial charge in [-0.05, 0) is 24.8 Å². The first kappa shape index (κ1) is 11.4. The van der Waals surface area contributed by atoms with Crippen molar-refractivity contribution >= 4 is 6.29 Å². The molecule has 0 aliphatic rings. The molecule has 12 heavy (non-hydrogen) atoms. The first-order valence-electron chi connectivity index (χ1n) is 4.33. The van der Waals surface area contributed by atoms with Gasteiger partial charge in [0.05, 0.1) is 6.10 Å². The monoisotopic (exact) mass is 170 g/mol. The van der Waals surface area contributed by atoms with Gasteiger partial charge in [-0.3, -0.25) is 4.79 Å². The fourth-order valence-electron chi connectivity index (χ4n) is 1.10. The Morgan fingerprint density at radius 1 is 1.42 bits per heavy atom. The molecular formula is C10H18O2. The smallest absolute Gasteiger partial charge is 0.142 e. The van der Waals surface area contributed by atoms with E-state index in [1.807, 2.05) is 6.08 Å². The molecule has 2 heteroatoms. The van der Waals surface area contributed by atoms with Crippen molar-refractivity contribution in [3.63, 3.8) is 0 Å². The average Bonchev–Trinajstić information content (AvgIpc) is 2.02. The third-order valence-corrected chi connectivity index (χ3v) is 1.68. The molecule has 0 bridgehead atoms. The van der Waals surface area contributed by atoms with Gasteiger partial charge < -0.3 is 4.74 Å². The SMILES string of the molecule is COC(C/C=C/C=O)CC(C)C. The fraction of sp³-hybridized carbons (Fsp3) is 0.700. The first-order chi connectivity index (χ1) is 5.70. The van der Waals surface area contributed by atoms with Crippen LogP contribution in [0.5, 0.6) is 0 Å². The van der Waals surface area contributed by atoms with Gasteiger partial charge in [0.15, 0.2) is 0 Å². The maximum Gasteiger partial charge on any atom is 0.142 e. The van der Waals surface area contributed by atoms with Gasteiger partial charge >= 0.3 is 0 Å². The number of ether oxygens (including phenoxy) is 1. The summed E-state index contributed by atoms with van der Waals surface area (Å²) in [7, 11) is 1.71. The molecule has 0 aromatic carbocycles. The molecule has 2 nitrogen and oxygen atoms in total. The van der Waals surface area contributed by atoms with Gasteiger partial charge in [0.1, 0.15) is 6.29 Å². The molecule has 1 unspecified atom stereocenters. The highest BCUT2D eigenvalue weighted by molar-refractivity contribution is 5.64. The van der Waals surface area contributed by atoms with Crippen molar-refractivity contribution in [3.8, 4) is 0 Å². The van der Waals surface area contributed by atoms with Crippen molar-refractivity contribution in [3.05, 3.63) is 12.2 Å². The van der Waals surface area contributed by atoms with E-state index in [1.54, 1.807) is 7.11 Å². The Balaban J connectivity index is 3.66. The molecule has 70 valence electrons. The highest BCUT2D eigenvalue weighted by atomic mass is 16.5. The van der Waals surface area contributed by atoms with Crippen LogP contribution in [0, 0.1) is 5.92 Å². The number of hydrogen-bond donors (Lipinski definition) is 0. The Hall–Kier alpha value is -0.630. The number of aldehydes is 1. The Kier molecular flexibility index (Phi) is 6.67. The van der Waals surface area contributed by atoms with E-state index in [-0.39, 0.29) is 6.10 Å². The van der Waals surface area contributed by atoms with Crippen LogP contribution in [0.15, 0.2) is 12.2 Å². The Morgan fingerprint density at radius 3 is 2.50 bits per heavy atom. The van der Waals surface area contributed by atoms with Crippen molar-refractivity contribution in [2.75, 3.05) is 7.11 Å². The minimum Gasteiger partial charge on any atom is -0.381 e. The molecule has 0 aromatic rings. The summed E-state index contributed by atoms with van der Waals surface area (Å²) in [5, 5.41) is 0. The standard InChI is InChI=1S/C10H18O2/c1-9(2)8-10(12-3)6-4-5-7-11/h4-5,7,9-10H,6,8H2,1-3H3/b5-4+. The van der Waals surface area contributed by atoms with Gasteiger partial charge in [-0.2, -0.15) is 0 Å². The summed E-state index contributed by atoms with van der Waals surface area (Å²) in [5.74, 6) is 0.639. The lowest BCUT2D eigenvalue weighted by Crippen LogP contribution is -2.12. The first-order valence-corrected chi connectivity index (χ1v) is 4.33. The van der Waals surface area contributed by atoms with E-state index in [9.17, 15) is 4.79 Å². The van der Waals surface area contributed by atoms with Crippen LogP contribution in [0.25, 0.3) is 0 Å². The predicted octanol–water partition coefficient (Wildman–Crippen LogP) is 2.19. The van der Waals surface area contributed by atoms with Crippen molar-refractivity contribution < 1.29 is 9.53 Å². The van der Waals surface area contributed by atoms with E-state index in [0.717, 1.165) is 19.1 Å². The molecule has 0 saturated heterocycles. The molecule has 1 atom stereocenters. The van der Waals surface area contributed by atoms with E-state index >= 15 is 0 Å². The van der Waals surface area contributed by atoms with Crippen molar-refractivity contribution in [1.29, 1.82) is 0 Å². The summed E-state index contributed by atoms with van der Waals surface area (Å²) >= 11 is 0. The Labute approximate surface area is 74.6 Å². The molecule has 0 rings (SSSR count). The summed E-state index contributed by atoms with van der Waals surface area (Å²) in [6.07, 6.45) is 6.28. The largest absolute Gasteiger partial charge is 0.381 e. The quantitative estimate of drug-likeness (QED) is 0.451. The second kappa shape index (κ2) is 7.04. The van der Waals surface area contributed by atoms with Crippen LogP contribution in [0.2, 0.25) is 0 Å². The zero-order valence-electron chi connectivity index (χ0n) is 8.12. The molecule has 0 heterocycles. The summed E-state index contributed by atoms with van der Waals surface area (Å²) in [6, 6.07) is 0. The molecule has 0 aliphatic heterocycles. The fourth-order valence-corrected chi connectivity index (χ4v) is 1.10. The van der Waals surface area contributed by atoms with E-state index < -0.39 is 0 Å². The summed E-state index contributed by atoms with van der Waals surface area (Å²) < 4.78 is 5.24. The molecule has 0 N–H and O–H groups in total. The van der Waals surface area contributed by atoms with Gasteiger partial charge in [0.25, 0.3) is 0 Å². The number of allylic oxidation sites excluding steroid dienone is 1. The number of carbonyl (C=O) groups is 1. The summed E-state index contributed by atoms with van der Waals surface area (Å²) in [6.45, 7) is 4.32. The van der Waals surface area contributed by atoms with Crippen LogP contribution in [-0.2, 0) is 9.53 Å². The van der Waals surface area contributed by atoms with Crippen molar-refractivity contribution in [2.45, 2.75) is 32.8 Å². The van der Waals surface area contributed by atoms with E-state index in [4.69, 9.17) is 4.74 Å². The zero-order chi connectivity index (χ0) is 9.40. The second-order valence-electron chi connectivity index (χ2n) is 3.29. The van der Waals surface area contributed by atoms with Gasteiger partial charge in [-0.15, -0.1) is 0 Å². The maximum absolute atomic E-state index is 9.97. The van der Waals surface area contributed by atoms with Crippen LogP contribution in [0.4, 0.5) is 0 Å². The minimum atomic E-state index is 0.251. The van der Waals surface area contributed by atoms with Crippen LogP contribution in [-0.4, -0.2) is 19.5 Å². The summed E-state index contributed by atoms with van der Waals surface area (Å²) in [4.78, 5) is 9.97. The van der Waals surface area contributed by atoms with Crippen molar-refractivity contribution in [1.82, 2.24) is 0 Å². The van der Waals surface area contributed by atoms with E-state index in [1.165, 1.54) is 6.08 Å². The minimum absolute atomic E-state index is 0.251. The third kappa shape index (κ3) is 6.10. The molecule has 0 aliphatic carbocycles. The molecule has 0 aromatic heterocycles. The van der Waals surface area contributed by atoms with Gasteiger partial charge in [-0.25, -0.2) is 0 Å². The predicted molar refractivity (Wildman–Crippen MR) is 50.1 cm³/mol. The van der Waals surface area contributed by atoms with Gasteiger partial charge in [0.2, 0.25) is 0 Å². The van der Waals surface area contributed by atoms with E-state index in [0.29, 0.717) is 5.92 Å². The van der Waals surface area contributed by atoms with Crippen molar-refractivity contribution in [2.24, 2.45) is 5.92 Å². The summed E-state index contributed by atoms with van der Waals surface area (Å²) in [5.41, 5.74) is 0. The molecule has 0 radical (unpaired) electrons. The van der Waals surface area contributed by atoms with Crippen LogP contribution < -0.4 is 0 Å². The molecule has 0 fully saturated rings. The number of methoxy groups -OCH3 is 1. The molecular weight excluding hydrogens is 152 g/mol. The Bertz CT molecular complexity index is 139. The lowest BCUT2D eigenvalue weighted by molar-refractivity contribution is -0.104. The maximum atomic E-state index is 9.97. The Morgan fingerprint density at radius 2 is 2.08 bits per heavy atom. The lowest BCUT2D eigenvalue weighted by Gasteiger charge is -2.14. The molecule has 0 amide bonds. The normalized spacial score (nSPS) is 14.0. The number of carbonyl (C=O) groups excluding carboxylic acids is 1. The number of rotatable bonds is 6. The highest BCUT2D eigenvalue weighted by Gasteiger charge is 2.06. The molecule has 0 saturated carbocycles. The van der Waals surface area contributed by atoms with E-state index in [2.05, 4.69) is 13.8 Å². The lowest BCUT2D eigenvalue weighted by atomic mass is 10.0. The third-order valence-electron chi connectivity index (χ3n) is 1.68. The van der Waals surface area contributed by atoms with Gasteiger partial charge in [-0.1, -0.05) is 19.9 Å². The topological polar surface area (TPSA) is 26.3 Å². The van der Waals surface area contributed by atoms with Crippen LogP contribution >= 0.6 is 0 Å².